The standard InChI is InChI=1S/C9H19NO3/c1-6(2)8(9(12)13-4)10-7(3)5-11/h6-8,10-11H,5H2,1-4H3/t7-,8-/m0/s1. The molecule has 0 radical (unpaired) electrons. The summed E-state index contributed by atoms with van der Waals surface area (Å²) < 4.78 is 4.64. The lowest BCUT2D eigenvalue weighted by Gasteiger charge is -2.22. The molecule has 0 aromatic heterocycles. The number of aliphatic hydroxyl groups is 1. The number of hydrogen-bond donors (Lipinski definition) is 2. The van der Waals surface area contributed by atoms with Gasteiger partial charge in [-0.25, -0.2) is 0 Å². The number of aliphatic hydroxyl groups excluding tert-OH is 1. The van der Waals surface area contributed by atoms with E-state index in [1.54, 1.807) is 0 Å². The van der Waals surface area contributed by atoms with Crippen molar-refractivity contribution in [3.05, 3.63) is 0 Å². The maximum atomic E-state index is 11.2. The molecule has 0 unspecified atom stereocenters. The number of methoxy groups -OCH3 is 1. The first-order valence-electron chi connectivity index (χ1n) is 4.47. The number of rotatable bonds is 5. The molecule has 4 nitrogen and oxygen atoms in total. The quantitative estimate of drug-likeness (QED) is 0.605. The molecule has 0 aliphatic carbocycles. The zero-order valence-electron chi connectivity index (χ0n) is 8.70. The molecule has 2 N–H and O–H groups in total. The first-order valence-corrected chi connectivity index (χ1v) is 4.47. The smallest absolute Gasteiger partial charge is 0.323 e. The number of carbonyl (C=O) groups is 1. The van der Waals surface area contributed by atoms with Gasteiger partial charge < -0.3 is 9.84 Å². The molecule has 4 heteroatoms. The van der Waals surface area contributed by atoms with Gasteiger partial charge >= 0.3 is 5.97 Å². The van der Waals surface area contributed by atoms with Crippen molar-refractivity contribution >= 4 is 5.97 Å². The van der Waals surface area contributed by atoms with Crippen molar-refractivity contribution in [2.45, 2.75) is 32.9 Å². The minimum Gasteiger partial charge on any atom is -0.468 e. The Balaban J connectivity index is 4.18. The predicted molar refractivity (Wildman–Crippen MR) is 50.3 cm³/mol. The van der Waals surface area contributed by atoms with E-state index < -0.39 is 0 Å². The van der Waals surface area contributed by atoms with E-state index in [0.29, 0.717) is 0 Å². The summed E-state index contributed by atoms with van der Waals surface area (Å²) in [6, 6.07) is -0.432. The SMILES string of the molecule is COC(=O)[C@@H](N[C@@H](C)CO)C(C)C. The van der Waals surface area contributed by atoms with Gasteiger partial charge in [0, 0.05) is 6.04 Å². The van der Waals surface area contributed by atoms with Gasteiger partial charge in [0.2, 0.25) is 0 Å². The zero-order valence-corrected chi connectivity index (χ0v) is 8.70. The van der Waals surface area contributed by atoms with Gasteiger partial charge in [0.05, 0.1) is 13.7 Å². The van der Waals surface area contributed by atoms with E-state index in [4.69, 9.17) is 5.11 Å². The molecule has 0 aromatic rings. The van der Waals surface area contributed by atoms with E-state index in [2.05, 4.69) is 10.1 Å². The number of ether oxygens (including phenoxy) is 1. The fourth-order valence-corrected chi connectivity index (χ4v) is 1.02. The van der Waals surface area contributed by atoms with Crippen LogP contribution in [-0.4, -0.2) is 36.9 Å². The van der Waals surface area contributed by atoms with E-state index in [9.17, 15) is 4.79 Å². The lowest BCUT2D eigenvalue weighted by atomic mass is 10.0. The van der Waals surface area contributed by atoms with Crippen molar-refractivity contribution in [1.82, 2.24) is 5.32 Å². The van der Waals surface area contributed by atoms with Crippen molar-refractivity contribution < 1.29 is 14.6 Å². The average molecular weight is 189 g/mol. The topological polar surface area (TPSA) is 58.6 Å². The number of hydrogen-bond acceptors (Lipinski definition) is 4. The number of carbonyl (C=O) groups excluding carboxylic acids is 1. The maximum absolute atomic E-state index is 11.2. The van der Waals surface area contributed by atoms with Crippen LogP contribution in [0.1, 0.15) is 20.8 Å². The van der Waals surface area contributed by atoms with Crippen molar-refractivity contribution in [3.63, 3.8) is 0 Å². The summed E-state index contributed by atoms with van der Waals surface area (Å²) in [5.41, 5.74) is 0. The molecule has 0 aliphatic heterocycles. The molecule has 0 spiro atoms. The first-order chi connectivity index (χ1) is 6.02. The van der Waals surface area contributed by atoms with E-state index in [1.165, 1.54) is 7.11 Å². The second-order valence-electron chi connectivity index (χ2n) is 3.50. The van der Waals surface area contributed by atoms with Gasteiger partial charge in [0.1, 0.15) is 6.04 Å². The van der Waals surface area contributed by atoms with E-state index in [1.807, 2.05) is 20.8 Å². The van der Waals surface area contributed by atoms with Gasteiger partial charge in [-0.15, -0.1) is 0 Å². The summed E-state index contributed by atoms with van der Waals surface area (Å²) in [4.78, 5) is 11.2. The molecule has 0 saturated heterocycles. The Hall–Kier alpha value is -0.610. The van der Waals surface area contributed by atoms with Crippen LogP contribution in [0.5, 0.6) is 0 Å². The van der Waals surface area contributed by atoms with E-state index in [0.717, 1.165) is 0 Å². The molecule has 0 amide bonds. The lowest BCUT2D eigenvalue weighted by Crippen LogP contribution is -2.47. The largest absolute Gasteiger partial charge is 0.468 e. The lowest BCUT2D eigenvalue weighted by molar-refractivity contribution is -0.144. The molecular weight excluding hydrogens is 170 g/mol. The van der Waals surface area contributed by atoms with Gasteiger partial charge in [-0.2, -0.15) is 0 Å². The highest BCUT2D eigenvalue weighted by molar-refractivity contribution is 5.75. The van der Waals surface area contributed by atoms with Crippen LogP contribution in [-0.2, 0) is 9.53 Å². The summed E-state index contributed by atoms with van der Waals surface area (Å²) in [6.07, 6.45) is 0. The van der Waals surface area contributed by atoms with Crippen molar-refractivity contribution in [3.8, 4) is 0 Å². The minimum atomic E-state index is -0.341. The number of esters is 1. The van der Waals surface area contributed by atoms with Crippen LogP contribution in [0.2, 0.25) is 0 Å². The predicted octanol–water partition coefficient (Wildman–Crippen LogP) is 0.154. The highest BCUT2D eigenvalue weighted by Gasteiger charge is 2.23. The molecule has 0 aromatic carbocycles. The summed E-state index contributed by atoms with van der Waals surface area (Å²) in [5, 5.41) is 11.8. The molecular formula is C9H19NO3. The van der Waals surface area contributed by atoms with Crippen molar-refractivity contribution in [2.75, 3.05) is 13.7 Å². The molecule has 0 bridgehead atoms. The van der Waals surface area contributed by atoms with Gasteiger partial charge in [0.25, 0.3) is 0 Å². The van der Waals surface area contributed by atoms with Crippen LogP contribution < -0.4 is 5.32 Å². The first kappa shape index (κ1) is 12.4. The average Bonchev–Trinajstić information content (AvgIpc) is 2.11. The Labute approximate surface area is 79.3 Å². The van der Waals surface area contributed by atoms with Crippen molar-refractivity contribution in [2.24, 2.45) is 5.92 Å². The van der Waals surface area contributed by atoms with Gasteiger partial charge in [-0.1, -0.05) is 13.8 Å². The fraction of sp³-hybridized carbons (Fsp3) is 0.889. The van der Waals surface area contributed by atoms with E-state index >= 15 is 0 Å². The molecule has 78 valence electrons. The van der Waals surface area contributed by atoms with Crippen LogP contribution in [0.15, 0.2) is 0 Å². The summed E-state index contributed by atoms with van der Waals surface area (Å²) in [6.45, 7) is 5.69. The Bertz CT molecular complexity index is 159. The summed E-state index contributed by atoms with van der Waals surface area (Å²) in [7, 11) is 1.36. The third-order valence-corrected chi connectivity index (χ3v) is 1.86. The second-order valence-corrected chi connectivity index (χ2v) is 3.50. The molecule has 0 fully saturated rings. The fourth-order valence-electron chi connectivity index (χ4n) is 1.02. The highest BCUT2D eigenvalue weighted by Crippen LogP contribution is 2.04. The third kappa shape index (κ3) is 4.24. The van der Waals surface area contributed by atoms with Crippen LogP contribution in [0.3, 0.4) is 0 Å². The molecule has 2 atom stereocenters. The number of nitrogens with one attached hydrogen (secondary N) is 1. The summed E-state index contributed by atoms with van der Waals surface area (Å²) in [5.74, 6) is -0.128. The monoisotopic (exact) mass is 189 g/mol. The maximum Gasteiger partial charge on any atom is 0.323 e. The van der Waals surface area contributed by atoms with Gasteiger partial charge in [0.15, 0.2) is 0 Å². The van der Waals surface area contributed by atoms with Crippen LogP contribution >= 0.6 is 0 Å². The summed E-state index contributed by atoms with van der Waals surface area (Å²) >= 11 is 0. The Morgan fingerprint density at radius 2 is 2.00 bits per heavy atom. The molecule has 0 aliphatic rings. The Morgan fingerprint density at radius 1 is 1.46 bits per heavy atom. The molecule has 0 heterocycles. The van der Waals surface area contributed by atoms with Gasteiger partial charge in [-0.3, -0.25) is 10.1 Å². The van der Waals surface area contributed by atoms with Crippen LogP contribution in [0.4, 0.5) is 0 Å². The molecule has 13 heavy (non-hydrogen) atoms. The zero-order chi connectivity index (χ0) is 10.4. The van der Waals surface area contributed by atoms with Crippen LogP contribution in [0.25, 0.3) is 0 Å². The Morgan fingerprint density at radius 3 is 2.31 bits per heavy atom. The normalized spacial score (nSPS) is 15.5. The molecule has 0 saturated carbocycles. The second kappa shape index (κ2) is 5.94. The third-order valence-electron chi connectivity index (χ3n) is 1.86. The van der Waals surface area contributed by atoms with E-state index in [-0.39, 0.29) is 30.6 Å². The Kier molecular flexibility index (Phi) is 5.66. The molecule has 0 rings (SSSR count). The minimum absolute atomic E-state index is 0.0141. The van der Waals surface area contributed by atoms with Crippen LogP contribution in [0, 0.1) is 5.92 Å². The van der Waals surface area contributed by atoms with Gasteiger partial charge in [-0.05, 0) is 12.8 Å². The van der Waals surface area contributed by atoms with Crippen molar-refractivity contribution in [1.29, 1.82) is 0 Å². The highest BCUT2D eigenvalue weighted by atomic mass is 16.5.